The number of carbonyl (C=O) groups excluding carboxylic acids is 4. The fourth-order valence-corrected chi connectivity index (χ4v) is 12.9. The van der Waals surface area contributed by atoms with Crippen LogP contribution < -0.4 is 0 Å². The van der Waals surface area contributed by atoms with Crippen LogP contribution in [0.3, 0.4) is 0 Å². The molecule has 0 saturated carbocycles. The molecule has 0 heterocycles. The first-order valence-electron chi connectivity index (χ1n) is 38.7. The summed E-state index contributed by atoms with van der Waals surface area (Å²) in [7, 11) is -9.91. The average molecular weight is 1380 g/mol. The highest BCUT2D eigenvalue weighted by Gasteiger charge is 2.30. The minimum Gasteiger partial charge on any atom is -0.462 e. The minimum atomic E-state index is -4.96. The van der Waals surface area contributed by atoms with Crippen molar-refractivity contribution < 1.29 is 80.2 Å². The van der Waals surface area contributed by atoms with E-state index in [-0.39, 0.29) is 25.7 Å². The van der Waals surface area contributed by atoms with Crippen molar-refractivity contribution in [3.8, 4) is 0 Å². The van der Waals surface area contributed by atoms with Gasteiger partial charge in [-0.2, -0.15) is 0 Å². The summed E-state index contributed by atoms with van der Waals surface area (Å²) in [6.07, 6.45) is 48.4. The van der Waals surface area contributed by atoms with Crippen LogP contribution in [0, 0.1) is 23.7 Å². The molecule has 0 saturated heterocycles. The molecule has 17 nitrogen and oxygen atoms in total. The van der Waals surface area contributed by atoms with Gasteiger partial charge in [0.05, 0.1) is 26.4 Å². The second-order valence-electron chi connectivity index (χ2n) is 28.7. The molecule has 0 aliphatic heterocycles. The molecule has 19 heteroatoms. The maximum Gasteiger partial charge on any atom is 0.472 e. The summed E-state index contributed by atoms with van der Waals surface area (Å²) in [6.45, 7) is 14.2. The highest BCUT2D eigenvalue weighted by molar-refractivity contribution is 7.47. The summed E-state index contributed by atoms with van der Waals surface area (Å²) in [4.78, 5) is 72.8. The number of unbranched alkanes of at least 4 members (excludes halogenated alkanes) is 37. The quantitative estimate of drug-likeness (QED) is 0.0222. The summed E-state index contributed by atoms with van der Waals surface area (Å²) >= 11 is 0. The molecule has 0 aliphatic rings. The van der Waals surface area contributed by atoms with Crippen molar-refractivity contribution in [3.63, 3.8) is 0 Å². The van der Waals surface area contributed by atoms with Gasteiger partial charge in [0.1, 0.15) is 19.3 Å². The van der Waals surface area contributed by atoms with E-state index in [1.54, 1.807) is 0 Å². The van der Waals surface area contributed by atoms with Crippen LogP contribution in [0.5, 0.6) is 0 Å². The first-order chi connectivity index (χ1) is 45.1. The molecule has 558 valence electrons. The Labute approximate surface area is 575 Å². The van der Waals surface area contributed by atoms with Crippen LogP contribution in [0.4, 0.5) is 0 Å². The van der Waals surface area contributed by atoms with E-state index in [4.69, 9.17) is 37.0 Å². The second-order valence-corrected chi connectivity index (χ2v) is 31.6. The van der Waals surface area contributed by atoms with Gasteiger partial charge in [-0.25, -0.2) is 9.13 Å². The van der Waals surface area contributed by atoms with Crippen molar-refractivity contribution in [1.82, 2.24) is 0 Å². The van der Waals surface area contributed by atoms with Gasteiger partial charge in [0.25, 0.3) is 0 Å². The molecule has 3 N–H and O–H groups in total. The van der Waals surface area contributed by atoms with Crippen LogP contribution in [0.15, 0.2) is 0 Å². The number of esters is 4. The Morgan fingerprint density at radius 2 is 0.511 bits per heavy atom. The molecule has 0 aromatic heterocycles. The largest absolute Gasteiger partial charge is 0.472 e. The van der Waals surface area contributed by atoms with E-state index in [1.807, 2.05) is 0 Å². The summed E-state index contributed by atoms with van der Waals surface area (Å²) in [5.74, 6) is 0.954. The molecule has 0 rings (SSSR count). The van der Waals surface area contributed by atoms with Gasteiger partial charge in [-0.3, -0.25) is 37.3 Å². The number of ether oxygens (including phenoxy) is 4. The van der Waals surface area contributed by atoms with Crippen LogP contribution in [0.25, 0.3) is 0 Å². The monoisotopic (exact) mass is 1380 g/mol. The van der Waals surface area contributed by atoms with E-state index in [1.165, 1.54) is 180 Å². The standard InChI is InChI=1S/C75H146O17P2/c1-9-68(8)54-46-38-30-22-15-16-23-31-39-47-55-72(77)85-61-70(91-74(79)57-49-41-33-24-14-12-10-11-13-19-27-35-43-51-65(2)3)63-89-93(81,82)87-59-69(76)60-88-94(83,84)90-64-71(92-75(80)58-50-42-34-26-18-21-29-37-45-53-67(6)7)62-86-73(78)56-48-40-32-25-17-20-28-36-44-52-66(4)5/h65-71,76H,9-64H2,1-8H3,(H,81,82)(H,83,84)/t68?,69-,70-,71-/m1/s1. The zero-order valence-corrected chi connectivity index (χ0v) is 63.4. The molecule has 0 aromatic carbocycles. The fraction of sp³-hybridized carbons (Fsp3) is 0.947. The van der Waals surface area contributed by atoms with Crippen molar-refractivity contribution in [2.75, 3.05) is 39.6 Å². The molecular weight excluding hydrogens is 1230 g/mol. The number of carbonyl (C=O) groups is 4. The van der Waals surface area contributed by atoms with Crippen LogP contribution in [-0.2, 0) is 65.4 Å². The molecule has 0 aromatic rings. The Bertz CT molecular complexity index is 1850. The topological polar surface area (TPSA) is 237 Å². The Kier molecular flexibility index (Phi) is 63.1. The van der Waals surface area contributed by atoms with Gasteiger partial charge in [0, 0.05) is 25.7 Å². The molecular formula is C75H146O17P2. The van der Waals surface area contributed by atoms with Gasteiger partial charge in [0.2, 0.25) is 0 Å². The number of aliphatic hydroxyl groups is 1. The van der Waals surface area contributed by atoms with Gasteiger partial charge >= 0.3 is 39.5 Å². The van der Waals surface area contributed by atoms with Crippen molar-refractivity contribution >= 4 is 39.5 Å². The number of rotatable bonds is 72. The molecule has 0 bridgehead atoms. The van der Waals surface area contributed by atoms with Crippen molar-refractivity contribution in [3.05, 3.63) is 0 Å². The molecule has 0 spiro atoms. The molecule has 0 fully saturated rings. The molecule has 0 amide bonds. The van der Waals surface area contributed by atoms with E-state index in [0.717, 1.165) is 114 Å². The van der Waals surface area contributed by atoms with Crippen LogP contribution >= 0.6 is 15.6 Å². The number of phosphoric ester groups is 2. The van der Waals surface area contributed by atoms with E-state index in [9.17, 15) is 43.2 Å². The number of phosphoric acid groups is 2. The number of hydrogen-bond acceptors (Lipinski definition) is 15. The summed E-state index contributed by atoms with van der Waals surface area (Å²) < 4.78 is 68.5. The lowest BCUT2D eigenvalue weighted by Crippen LogP contribution is -2.30. The van der Waals surface area contributed by atoms with Gasteiger partial charge in [-0.15, -0.1) is 0 Å². The van der Waals surface area contributed by atoms with E-state index in [0.29, 0.717) is 25.7 Å². The number of hydrogen-bond donors (Lipinski definition) is 3. The first kappa shape index (κ1) is 92.1. The highest BCUT2D eigenvalue weighted by atomic mass is 31.2. The normalized spacial score (nSPS) is 14.4. The van der Waals surface area contributed by atoms with Crippen molar-refractivity contribution in [2.24, 2.45) is 23.7 Å². The highest BCUT2D eigenvalue weighted by Crippen LogP contribution is 2.45. The van der Waals surface area contributed by atoms with Crippen LogP contribution in [0.1, 0.15) is 376 Å². The van der Waals surface area contributed by atoms with Crippen molar-refractivity contribution in [1.29, 1.82) is 0 Å². The Hall–Kier alpha value is -1.94. The SMILES string of the molecule is CCC(C)CCCCCCCCCCCCC(=O)OC[C@H](COP(=O)(O)OC[C@@H](O)COP(=O)(O)OC[C@@H](COC(=O)CCCCCCCCCCCC(C)C)OC(=O)CCCCCCCCCCCC(C)C)OC(=O)CCCCCCCCCCCCCCCC(C)C. The third kappa shape index (κ3) is 67.3. The second kappa shape index (κ2) is 64.4. The smallest absolute Gasteiger partial charge is 0.462 e. The Morgan fingerprint density at radius 1 is 0.298 bits per heavy atom. The van der Waals surface area contributed by atoms with E-state index >= 15 is 0 Å². The van der Waals surface area contributed by atoms with Crippen LogP contribution in [-0.4, -0.2) is 96.7 Å². The maximum atomic E-state index is 13.1. The van der Waals surface area contributed by atoms with Crippen molar-refractivity contribution in [2.45, 2.75) is 395 Å². The predicted octanol–water partition coefficient (Wildman–Crippen LogP) is 21.7. The molecule has 94 heavy (non-hydrogen) atoms. The van der Waals surface area contributed by atoms with Gasteiger partial charge in [0.15, 0.2) is 12.2 Å². The van der Waals surface area contributed by atoms with Crippen LogP contribution in [0.2, 0.25) is 0 Å². The van der Waals surface area contributed by atoms with Gasteiger partial charge in [-0.1, -0.05) is 325 Å². The number of aliphatic hydroxyl groups excluding tert-OH is 1. The third-order valence-electron chi connectivity index (χ3n) is 17.7. The summed E-state index contributed by atoms with van der Waals surface area (Å²) in [5, 5.41) is 10.6. The van der Waals surface area contributed by atoms with E-state index < -0.39 is 97.5 Å². The Balaban J connectivity index is 5.27. The summed E-state index contributed by atoms with van der Waals surface area (Å²) in [5.41, 5.74) is 0. The average Bonchev–Trinajstić information content (AvgIpc) is 1.70. The lowest BCUT2D eigenvalue weighted by Gasteiger charge is -2.21. The Morgan fingerprint density at radius 3 is 0.755 bits per heavy atom. The first-order valence-corrected chi connectivity index (χ1v) is 41.7. The molecule has 6 atom stereocenters. The fourth-order valence-electron chi connectivity index (χ4n) is 11.3. The molecule has 0 radical (unpaired) electrons. The third-order valence-corrected chi connectivity index (χ3v) is 19.6. The molecule has 0 aliphatic carbocycles. The summed E-state index contributed by atoms with van der Waals surface area (Å²) in [6, 6.07) is 0. The minimum absolute atomic E-state index is 0.105. The molecule has 3 unspecified atom stereocenters. The maximum absolute atomic E-state index is 13.1. The van der Waals surface area contributed by atoms with E-state index in [2.05, 4.69) is 55.4 Å². The lowest BCUT2D eigenvalue weighted by atomic mass is 9.99. The predicted molar refractivity (Wildman–Crippen MR) is 381 cm³/mol. The zero-order chi connectivity index (χ0) is 69.6. The lowest BCUT2D eigenvalue weighted by molar-refractivity contribution is -0.161. The van der Waals surface area contributed by atoms with Gasteiger partial charge < -0.3 is 33.8 Å². The van der Waals surface area contributed by atoms with Gasteiger partial charge in [-0.05, 0) is 49.4 Å². The zero-order valence-electron chi connectivity index (χ0n) is 61.6.